The number of nitrogens with one attached hydrogen (secondary N) is 1. The highest BCUT2D eigenvalue weighted by Crippen LogP contribution is 2.20. The van der Waals surface area contributed by atoms with E-state index in [9.17, 15) is 14.4 Å². The topological polar surface area (TPSA) is 109 Å². The van der Waals surface area contributed by atoms with Gasteiger partial charge in [-0.3, -0.25) is 9.59 Å². The third kappa shape index (κ3) is 4.36. The predicted octanol–water partition coefficient (Wildman–Crippen LogP) is 0.813. The van der Waals surface area contributed by atoms with Gasteiger partial charge in [0.25, 0.3) is 5.91 Å². The van der Waals surface area contributed by atoms with Gasteiger partial charge in [0.05, 0.1) is 5.56 Å². The van der Waals surface area contributed by atoms with Gasteiger partial charge in [-0.2, -0.15) is 0 Å². The summed E-state index contributed by atoms with van der Waals surface area (Å²) in [5.74, 6) is -2.22. The van der Waals surface area contributed by atoms with E-state index in [1.54, 1.807) is 13.0 Å². The maximum Gasteiger partial charge on any atom is 0.326 e. The number of aliphatic carboxylic acids is 1. The van der Waals surface area contributed by atoms with Crippen LogP contribution in [-0.4, -0.2) is 28.9 Å². The summed E-state index contributed by atoms with van der Waals surface area (Å²) in [7, 11) is 0. The molecular weight excluding hydrogens is 268 g/mol. The molecule has 7 heteroatoms. The van der Waals surface area contributed by atoms with Gasteiger partial charge in [-0.15, -0.1) is 11.3 Å². The molecule has 1 rings (SSSR count). The minimum Gasteiger partial charge on any atom is -0.480 e. The Kier molecular flexibility index (Phi) is 5.05. The van der Waals surface area contributed by atoms with Crippen LogP contribution in [0.3, 0.4) is 0 Å². The van der Waals surface area contributed by atoms with Crippen LogP contribution in [0, 0.1) is 13.8 Å². The summed E-state index contributed by atoms with van der Waals surface area (Å²) in [5.41, 5.74) is 5.43. The number of nitrogens with two attached hydrogens (primary N) is 1. The number of thiophene rings is 1. The molecule has 0 bridgehead atoms. The van der Waals surface area contributed by atoms with Crippen LogP contribution in [0.5, 0.6) is 0 Å². The Morgan fingerprint density at radius 3 is 2.47 bits per heavy atom. The van der Waals surface area contributed by atoms with Crippen LogP contribution in [0.2, 0.25) is 0 Å². The first kappa shape index (κ1) is 15.2. The lowest BCUT2D eigenvalue weighted by atomic mass is 10.1. The van der Waals surface area contributed by atoms with Crippen molar-refractivity contribution in [3.05, 3.63) is 21.4 Å². The van der Waals surface area contributed by atoms with Crippen molar-refractivity contribution >= 4 is 29.1 Å². The average Bonchev–Trinajstić information content (AvgIpc) is 2.62. The molecular formula is C12H16N2O4S. The molecule has 0 aliphatic carbocycles. The normalized spacial score (nSPS) is 11.9. The van der Waals surface area contributed by atoms with Crippen molar-refractivity contribution < 1.29 is 19.5 Å². The Morgan fingerprint density at radius 2 is 2.05 bits per heavy atom. The number of rotatable bonds is 6. The minimum atomic E-state index is -1.18. The van der Waals surface area contributed by atoms with Gasteiger partial charge < -0.3 is 16.2 Å². The van der Waals surface area contributed by atoms with E-state index >= 15 is 0 Å². The fraction of sp³-hybridized carbons (Fsp3) is 0.417. The summed E-state index contributed by atoms with van der Waals surface area (Å²) in [4.78, 5) is 35.4. The SMILES string of the molecule is Cc1cc(C(=O)NC(CCC(N)=O)C(=O)O)c(C)s1. The van der Waals surface area contributed by atoms with Gasteiger partial charge in [-0.25, -0.2) is 4.79 Å². The number of primary amides is 1. The van der Waals surface area contributed by atoms with Crippen molar-refractivity contribution in [2.24, 2.45) is 5.73 Å². The number of aryl methyl sites for hydroxylation is 2. The fourth-order valence-electron chi connectivity index (χ4n) is 1.64. The second kappa shape index (κ2) is 6.33. The molecule has 1 atom stereocenters. The molecule has 0 saturated carbocycles. The van der Waals surface area contributed by atoms with Crippen LogP contribution in [0.25, 0.3) is 0 Å². The summed E-state index contributed by atoms with van der Waals surface area (Å²) < 4.78 is 0. The van der Waals surface area contributed by atoms with E-state index in [1.807, 2.05) is 6.92 Å². The number of carboxylic acids is 1. The van der Waals surface area contributed by atoms with E-state index in [-0.39, 0.29) is 12.8 Å². The van der Waals surface area contributed by atoms with Gasteiger partial charge in [0.1, 0.15) is 6.04 Å². The van der Waals surface area contributed by atoms with Crippen molar-refractivity contribution in [1.82, 2.24) is 5.32 Å². The maximum atomic E-state index is 12.0. The van der Waals surface area contributed by atoms with Gasteiger partial charge in [0.2, 0.25) is 5.91 Å². The lowest BCUT2D eigenvalue weighted by Gasteiger charge is -2.13. The molecule has 1 aromatic rings. The van der Waals surface area contributed by atoms with E-state index < -0.39 is 23.8 Å². The number of hydrogen-bond acceptors (Lipinski definition) is 4. The van der Waals surface area contributed by atoms with Crippen molar-refractivity contribution in [2.75, 3.05) is 0 Å². The molecule has 6 nitrogen and oxygen atoms in total. The van der Waals surface area contributed by atoms with Crippen LogP contribution in [0.15, 0.2) is 6.07 Å². The van der Waals surface area contributed by atoms with E-state index in [4.69, 9.17) is 10.8 Å². The molecule has 19 heavy (non-hydrogen) atoms. The van der Waals surface area contributed by atoms with Gasteiger partial charge in [0.15, 0.2) is 0 Å². The molecule has 1 heterocycles. The lowest BCUT2D eigenvalue weighted by molar-refractivity contribution is -0.139. The van der Waals surface area contributed by atoms with Crippen LogP contribution >= 0.6 is 11.3 Å². The Hall–Kier alpha value is -1.89. The molecule has 0 aliphatic heterocycles. The molecule has 0 aromatic carbocycles. The average molecular weight is 284 g/mol. The van der Waals surface area contributed by atoms with Crippen LogP contribution < -0.4 is 11.1 Å². The van der Waals surface area contributed by atoms with E-state index in [0.29, 0.717) is 5.56 Å². The summed E-state index contributed by atoms with van der Waals surface area (Å²) in [5, 5.41) is 11.4. The highest BCUT2D eigenvalue weighted by atomic mass is 32.1. The van der Waals surface area contributed by atoms with Crippen LogP contribution in [-0.2, 0) is 9.59 Å². The summed E-state index contributed by atoms with van der Waals surface area (Å²) >= 11 is 1.47. The van der Waals surface area contributed by atoms with E-state index in [0.717, 1.165) is 9.75 Å². The lowest BCUT2D eigenvalue weighted by Crippen LogP contribution is -2.41. The smallest absolute Gasteiger partial charge is 0.326 e. The molecule has 2 amide bonds. The first-order valence-corrected chi connectivity index (χ1v) is 6.52. The molecule has 4 N–H and O–H groups in total. The zero-order valence-electron chi connectivity index (χ0n) is 10.7. The quantitative estimate of drug-likeness (QED) is 0.718. The van der Waals surface area contributed by atoms with Crippen molar-refractivity contribution in [3.63, 3.8) is 0 Å². The Labute approximate surface area is 114 Å². The molecule has 0 fully saturated rings. The monoisotopic (exact) mass is 284 g/mol. The second-order valence-corrected chi connectivity index (χ2v) is 5.66. The molecule has 1 unspecified atom stereocenters. The largest absolute Gasteiger partial charge is 0.480 e. The molecule has 0 aliphatic rings. The molecule has 0 spiro atoms. The van der Waals surface area contributed by atoms with Gasteiger partial charge >= 0.3 is 5.97 Å². The Morgan fingerprint density at radius 1 is 1.42 bits per heavy atom. The molecule has 0 radical (unpaired) electrons. The molecule has 1 aromatic heterocycles. The van der Waals surface area contributed by atoms with Gasteiger partial charge in [0, 0.05) is 16.2 Å². The summed E-state index contributed by atoms with van der Waals surface area (Å²) in [6.07, 6.45) is -0.0997. The highest BCUT2D eigenvalue weighted by Gasteiger charge is 2.22. The second-order valence-electron chi connectivity index (χ2n) is 4.20. The zero-order chi connectivity index (χ0) is 14.6. The van der Waals surface area contributed by atoms with Gasteiger partial charge in [-0.1, -0.05) is 0 Å². The first-order valence-electron chi connectivity index (χ1n) is 5.70. The summed E-state index contributed by atoms with van der Waals surface area (Å²) in [6.45, 7) is 3.67. The van der Waals surface area contributed by atoms with Crippen molar-refractivity contribution in [1.29, 1.82) is 0 Å². The number of carboxylic acid groups (broad SMARTS) is 1. The van der Waals surface area contributed by atoms with Gasteiger partial charge in [-0.05, 0) is 26.3 Å². The Balaban J connectivity index is 2.74. The standard InChI is InChI=1S/C12H16N2O4S/c1-6-5-8(7(2)19-6)11(16)14-9(12(17)18)3-4-10(13)15/h5,9H,3-4H2,1-2H3,(H2,13,15)(H,14,16)(H,17,18). The van der Waals surface area contributed by atoms with Crippen LogP contribution in [0.1, 0.15) is 33.0 Å². The van der Waals surface area contributed by atoms with E-state index in [2.05, 4.69) is 5.32 Å². The fourth-order valence-corrected chi connectivity index (χ4v) is 2.56. The number of hydrogen-bond donors (Lipinski definition) is 3. The number of amides is 2. The van der Waals surface area contributed by atoms with Crippen molar-refractivity contribution in [3.8, 4) is 0 Å². The highest BCUT2D eigenvalue weighted by molar-refractivity contribution is 7.12. The number of carbonyl (C=O) groups excluding carboxylic acids is 2. The van der Waals surface area contributed by atoms with E-state index in [1.165, 1.54) is 11.3 Å². The third-order valence-corrected chi connectivity index (χ3v) is 3.53. The van der Waals surface area contributed by atoms with Crippen LogP contribution in [0.4, 0.5) is 0 Å². The maximum absolute atomic E-state index is 12.0. The predicted molar refractivity (Wildman–Crippen MR) is 71.1 cm³/mol. The third-order valence-electron chi connectivity index (χ3n) is 2.57. The molecule has 104 valence electrons. The zero-order valence-corrected chi connectivity index (χ0v) is 11.5. The molecule has 0 saturated heterocycles. The summed E-state index contributed by atoms with van der Waals surface area (Å²) in [6, 6.07) is 0.599. The Bertz CT molecular complexity index is 510. The minimum absolute atomic E-state index is 0.0153. The number of carbonyl (C=O) groups is 3. The first-order chi connectivity index (χ1) is 8.81. The van der Waals surface area contributed by atoms with Crippen molar-refractivity contribution in [2.45, 2.75) is 32.7 Å².